The van der Waals surface area contributed by atoms with Crippen LogP contribution in [0.5, 0.6) is 0 Å². The van der Waals surface area contributed by atoms with Gasteiger partial charge in [-0.25, -0.2) is 4.79 Å². The summed E-state index contributed by atoms with van der Waals surface area (Å²) in [5, 5.41) is 0. The minimum Gasteiger partial charge on any atom is -0.434 e. The SMILES string of the molecule is C1COCOC1.O=C1OCCCO1. The topological polar surface area (TPSA) is 54.0 Å². The fraction of sp³-hybridized carbons (Fsp3) is 0.875. The van der Waals surface area contributed by atoms with Gasteiger partial charge in [-0.05, 0) is 6.42 Å². The molecule has 0 aliphatic carbocycles. The fourth-order valence-electron chi connectivity index (χ4n) is 0.851. The molecule has 5 heteroatoms. The van der Waals surface area contributed by atoms with E-state index in [1.807, 2.05) is 0 Å². The van der Waals surface area contributed by atoms with Crippen molar-refractivity contribution in [2.45, 2.75) is 12.8 Å². The van der Waals surface area contributed by atoms with E-state index >= 15 is 0 Å². The lowest BCUT2D eigenvalue weighted by Crippen LogP contribution is -2.16. The molecule has 2 aliphatic heterocycles. The Kier molecular flexibility index (Phi) is 5.28. The molecule has 0 bridgehead atoms. The van der Waals surface area contributed by atoms with Crippen molar-refractivity contribution in [1.29, 1.82) is 0 Å². The van der Waals surface area contributed by atoms with Crippen molar-refractivity contribution in [2.24, 2.45) is 0 Å². The van der Waals surface area contributed by atoms with Gasteiger partial charge in [0.25, 0.3) is 0 Å². The summed E-state index contributed by atoms with van der Waals surface area (Å²) in [5.74, 6) is 0. The largest absolute Gasteiger partial charge is 0.508 e. The molecule has 0 amide bonds. The van der Waals surface area contributed by atoms with E-state index in [0.717, 1.165) is 26.1 Å². The van der Waals surface area contributed by atoms with Gasteiger partial charge in [-0.1, -0.05) is 0 Å². The van der Waals surface area contributed by atoms with Crippen LogP contribution in [0.2, 0.25) is 0 Å². The van der Waals surface area contributed by atoms with E-state index in [-0.39, 0.29) is 0 Å². The van der Waals surface area contributed by atoms with E-state index in [9.17, 15) is 4.79 Å². The molecule has 2 saturated heterocycles. The Labute approximate surface area is 76.9 Å². The lowest BCUT2D eigenvalue weighted by atomic mass is 10.5. The fourth-order valence-corrected chi connectivity index (χ4v) is 0.851. The third kappa shape index (κ3) is 5.43. The molecular formula is C8H14O5. The number of carbonyl (C=O) groups excluding carboxylic acids is 1. The highest BCUT2D eigenvalue weighted by Crippen LogP contribution is 1.95. The summed E-state index contributed by atoms with van der Waals surface area (Å²) in [7, 11) is 0. The number of rotatable bonds is 0. The molecule has 76 valence electrons. The standard InChI is InChI=1S/C4H6O3.C4H8O2/c5-4-6-2-1-3-7-4;1-2-5-4-6-3-1/h1-3H2;1-4H2. The van der Waals surface area contributed by atoms with Gasteiger partial charge in [0.1, 0.15) is 6.79 Å². The molecule has 0 aromatic heterocycles. The first-order valence-electron chi connectivity index (χ1n) is 4.34. The molecule has 2 fully saturated rings. The Hall–Kier alpha value is -0.810. The van der Waals surface area contributed by atoms with Gasteiger partial charge in [0.15, 0.2) is 0 Å². The molecule has 0 atom stereocenters. The van der Waals surface area contributed by atoms with Crippen LogP contribution < -0.4 is 0 Å². The average Bonchev–Trinajstić information content (AvgIpc) is 2.22. The predicted octanol–water partition coefficient (Wildman–Crippen LogP) is 0.924. The lowest BCUT2D eigenvalue weighted by molar-refractivity contribution is -0.0963. The normalized spacial score (nSPS) is 22.0. The molecule has 5 nitrogen and oxygen atoms in total. The number of carbonyl (C=O) groups is 1. The van der Waals surface area contributed by atoms with Crippen molar-refractivity contribution in [3.63, 3.8) is 0 Å². The number of hydrogen-bond acceptors (Lipinski definition) is 5. The maximum Gasteiger partial charge on any atom is 0.508 e. The van der Waals surface area contributed by atoms with Crippen LogP contribution in [0.1, 0.15) is 12.8 Å². The van der Waals surface area contributed by atoms with Crippen LogP contribution in [-0.2, 0) is 18.9 Å². The van der Waals surface area contributed by atoms with Gasteiger partial charge in [-0.3, -0.25) is 0 Å². The Morgan fingerprint density at radius 2 is 1.38 bits per heavy atom. The van der Waals surface area contributed by atoms with Crippen LogP contribution in [0.3, 0.4) is 0 Å². The highest BCUT2D eigenvalue weighted by Gasteiger charge is 2.07. The van der Waals surface area contributed by atoms with E-state index in [2.05, 4.69) is 9.47 Å². The van der Waals surface area contributed by atoms with Crippen molar-refractivity contribution in [3.8, 4) is 0 Å². The molecule has 2 rings (SSSR count). The number of ether oxygens (including phenoxy) is 4. The summed E-state index contributed by atoms with van der Waals surface area (Å²) in [5.41, 5.74) is 0. The molecule has 0 saturated carbocycles. The Balaban J connectivity index is 0.000000132. The van der Waals surface area contributed by atoms with Crippen LogP contribution in [-0.4, -0.2) is 39.4 Å². The first-order valence-corrected chi connectivity index (χ1v) is 4.34. The van der Waals surface area contributed by atoms with Crippen LogP contribution in [0.15, 0.2) is 0 Å². The number of cyclic esters (lactones) is 2. The molecule has 0 radical (unpaired) electrons. The second kappa shape index (κ2) is 6.68. The van der Waals surface area contributed by atoms with Gasteiger partial charge in [0.2, 0.25) is 0 Å². The molecule has 0 aromatic rings. The Morgan fingerprint density at radius 1 is 0.846 bits per heavy atom. The Morgan fingerprint density at radius 3 is 1.62 bits per heavy atom. The van der Waals surface area contributed by atoms with E-state index in [4.69, 9.17) is 9.47 Å². The van der Waals surface area contributed by atoms with Gasteiger partial charge >= 0.3 is 6.16 Å². The van der Waals surface area contributed by atoms with Crippen molar-refractivity contribution in [2.75, 3.05) is 33.2 Å². The van der Waals surface area contributed by atoms with E-state index in [0.29, 0.717) is 20.0 Å². The average molecular weight is 190 g/mol. The van der Waals surface area contributed by atoms with Gasteiger partial charge in [0.05, 0.1) is 26.4 Å². The second-order valence-corrected chi connectivity index (χ2v) is 2.59. The smallest absolute Gasteiger partial charge is 0.434 e. The Bertz CT molecular complexity index is 124. The van der Waals surface area contributed by atoms with Crippen molar-refractivity contribution >= 4 is 6.16 Å². The first kappa shape index (κ1) is 10.3. The minimum absolute atomic E-state index is 0.500. The van der Waals surface area contributed by atoms with Gasteiger partial charge < -0.3 is 18.9 Å². The zero-order chi connectivity index (χ0) is 9.36. The molecule has 0 spiro atoms. The summed E-state index contributed by atoms with van der Waals surface area (Å²) in [4.78, 5) is 10.0. The first-order chi connectivity index (χ1) is 6.39. The summed E-state index contributed by atoms with van der Waals surface area (Å²) in [6, 6.07) is 0. The van der Waals surface area contributed by atoms with Gasteiger partial charge in [0, 0.05) is 6.42 Å². The van der Waals surface area contributed by atoms with E-state index in [1.165, 1.54) is 0 Å². The maximum absolute atomic E-state index is 10.0. The van der Waals surface area contributed by atoms with E-state index < -0.39 is 6.16 Å². The maximum atomic E-state index is 10.0. The summed E-state index contributed by atoms with van der Waals surface area (Å²) in [6.07, 6.45) is 1.34. The summed E-state index contributed by atoms with van der Waals surface area (Å²) < 4.78 is 18.5. The second-order valence-electron chi connectivity index (χ2n) is 2.59. The molecule has 2 heterocycles. The van der Waals surface area contributed by atoms with Crippen LogP contribution in [0, 0.1) is 0 Å². The third-order valence-corrected chi connectivity index (χ3v) is 1.47. The molecule has 0 N–H and O–H groups in total. The molecule has 0 unspecified atom stereocenters. The van der Waals surface area contributed by atoms with Crippen LogP contribution in [0.4, 0.5) is 4.79 Å². The zero-order valence-electron chi connectivity index (χ0n) is 7.49. The number of hydrogen-bond donors (Lipinski definition) is 0. The van der Waals surface area contributed by atoms with Crippen molar-refractivity contribution in [1.82, 2.24) is 0 Å². The molecular weight excluding hydrogens is 176 g/mol. The molecule has 13 heavy (non-hydrogen) atoms. The van der Waals surface area contributed by atoms with E-state index in [1.54, 1.807) is 0 Å². The van der Waals surface area contributed by atoms with Crippen LogP contribution >= 0.6 is 0 Å². The molecule has 0 aromatic carbocycles. The molecule has 2 aliphatic rings. The lowest BCUT2D eigenvalue weighted by Gasteiger charge is -2.09. The van der Waals surface area contributed by atoms with Gasteiger partial charge in [-0.2, -0.15) is 0 Å². The predicted molar refractivity (Wildman–Crippen MR) is 43.3 cm³/mol. The summed E-state index contributed by atoms with van der Waals surface area (Å²) >= 11 is 0. The van der Waals surface area contributed by atoms with Crippen molar-refractivity contribution < 1.29 is 23.7 Å². The third-order valence-electron chi connectivity index (χ3n) is 1.47. The van der Waals surface area contributed by atoms with Crippen LogP contribution in [0.25, 0.3) is 0 Å². The van der Waals surface area contributed by atoms with Crippen molar-refractivity contribution in [3.05, 3.63) is 0 Å². The minimum atomic E-state index is -0.536. The highest BCUT2D eigenvalue weighted by atomic mass is 16.7. The summed E-state index contributed by atoms with van der Waals surface area (Å²) in [6.45, 7) is 3.28. The highest BCUT2D eigenvalue weighted by molar-refractivity contribution is 5.60. The zero-order valence-corrected chi connectivity index (χ0v) is 7.49. The van der Waals surface area contributed by atoms with Gasteiger partial charge in [-0.15, -0.1) is 0 Å². The monoisotopic (exact) mass is 190 g/mol. The quantitative estimate of drug-likeness (QED) is 0.532.